The van der Waals surface area contributed by atoms with E-state index in [-0.39, 0.29) is 29.6 Å². The molecule has 1 saturated carbocycles. The predicted octanol–water partition coefficient (Wildman–Crippen LogP) is -2.24. The van der Waals surface area contributed by atoms with Crippen LogP contribution in [0.3, 0.4) is 0 Å². The first-order valence-electron chi connectivity index (χ1n) is 2.94. The first kappa shape index (κ1) is 11.0. The van der Waals surface area contributed by atoms with E-state index in [1.54, 1.807) is 0 Å². The van der Waals surface area contributed by atoms with Crippen molar-refractivity contribution in [1.29, 1.82) is 0 Å². The smallest absolute Gasteiger partial charge is 0.772 e. The van der Waals surface area contributed by atoms with Crippen LogP contribution in [-0.2, 0) is 11.1 Å². The fourth-order valence-electron chi connectivity index (χ4n) is 1.10. The molecule has 0 bridgehead atoms. The SMILES string of the molecule is O=S([O-])C1CCCC1F.[Na+]. The van der Waals surface area contributed by atoms with Gasteiger partial charge in [0.2, 0.25) is 0 Å². The van der Waals surface area contributed by atoms with Crippen molar-refractivity contribution in [3.05, 3.63) is 0 Å². The maximum Gasteiger partial charge on any atom is 1.00 e. The van der Waals surface area contributed by atoms with Gasteiger partial charge in [-0.3, -0.25) is 4.21 Å². The number of hydrogen-bond acceptors (Lipinski definition) is 2. The summed E-state index contributed by atoms with van der Waals surface area (Å²) in [5.41, 5.74) is 0. The molecule has 3 atom stereocenters. The quantitative estimate of drug-likeness (QED) is 0.333. The van der Waals surface area contributed by atoms with Crippen LogP contribution in [0.25, 0.3) is 0 Å². The van der Waals surface area contributed by atoms with Gasteiger partial charge >= 0.3 is 29.6 Å². The Morgan fingerprint density at radius 2 is 2.10 bits per heavy atom. The topological polar surface area (TPSA) is 40.1 Å². The zero-order valence-electron chi connectivity index (χ0n) is 5.88. The summed E-state index contributed by atoms with van der Waals surface area (Å²) in [6.07, 6.45) is 0.513. The van der Waals surface area contributed by atoms with Gasteiger partial charge in [0.1, 0.15) is 6.17 Å². The second kappa shape index (κ2) is 4.83. The van der Waals surface area contributed by atoms with Crippen molar-refractivity contribution >= 4 is 11.1 Å². The van der Waals surface area contributed by atoms with Gasteiger partial charge in [0, 0.05) is 0 Å². The standard InChI is InChI=1S/C5H9FO2S.Na/c6-4-2-1-3-5(4)9(7)8;/h4-5H,1-3H2,(H,7,8);/q;+1/p-1. The van der Waals surface area contributed by atoms with E-state index < -0.39 is 22.5 Å². The van der Waals surface area contributed by atoms with Gasteiger partial charge in [0.25, 0.3) is 0 Å². The van der Waals surface area contributed by atoms with Crippen molar-refractivity contribution < 1.29 is 42.7 Å². The summed E-state index contributed by atoms with van der Waals surface area (Å²) in [4.78, 5) is 0. The Balaban J connectivity index is 0.000000810. The number of rotatable bonds is 1. The Morgan fingerprint density at radius 1 is 1.50 bits per heavy atom. The molecule has 0 radical (unpaired) electrons. The molecule has 1 rings (SSSR count). The van der Waals surface area contributed by atoms with Gasteiger partial charge in [-0.2, -0.15) is 0 Å². The minimum absolute atomic E-state index is 0. The van der Waals surface area contributed by atoms with Gasteiger partial charge in [0.05, 0.1) is 5.25 Å². The molecule has 0 saturated heterocycles. The second-order valence-corrected chi connectivity index (χ2v) is 3.37. The van der Waals surface area contributed by atoms with Crippen molar-refractivity contribution in [3.8, 4) is 0 Å². The number of hydrogen-bond donors (Lipinski definition) is 0. The number of alkyl halides is 1. The molecule has 1 aliphatic rings. The van der Waals surface area contributed by atoms with Crippen LogP contribution in [0.2, 0.25) is 0 Å². The van der Waals surface area contributed by atoms with Gasteiger partial charge in [-0.25, -0.2) is 4.39 Å². The molecule has 5 heteroatoms. The zero-order chi connectivity index (χ0) is 6.85. The molecule has 3 unspecified atom stereocenters. The Morgan fingerprint density at radius 3 is 2.30 bits per heavy atom. The molecule has 0 heterocycles. The summed E-state index contributed by atoms with van der Waals surface area (Å²) in [5, 5.41) is -0.718. The van der Waals surface area contributed by atoms with Crippen LogP contribution in [0.5, 0.6) is 0 Å². The van der Waals surface area contributed by atoms with Gasteiger partial charge in [0.15, 0.2) is 0 Å². The molecule has 54 valence electrons. The molecule has 0 spiro atoms. The predicted molar refractivity (Wildman–Crippen MR) is 31.5 cm³/mol. The Hall–Kier alpha value is 1.04. The van der Waals surface area contributed by atoms with Gasteiger partial charge in [-0.15, -0.1) is 0 Å². The largest absolute Gasteiger partial charge is 1.00 e. The fourth-order valence-corrected chi connectivity index (χ4v) is 1.83. The van der Waals surface area contributed by atoms with Gasteiger partial charge in [-0.05, 0) is 30.3 Å². The normalized spacial score (nSPS) is 35.0. The van der Waals surface area contributed by atoms with E-state index >= 15 is 0 Å². The van der Waals surface area contributed by atoms with E-state index in [1.807, 2.05) is 0 Å². The number of halogens is 1. The van der Waals surface area contributed by atoms with Crippen LogP contribution in [0, 0.1) is 0 Å². The molecule has 0 N–H and O–H groups in total. The Kier molecular flexibility index (Phi) is 5.33. The van der Waals surface area contributed by atoms with Gasteiger partial charge < -0.3 is 4.55 Å². The van der Waals surface area contributed by atoms with Crippen LogP contribution < -0.4 is 29.6 Å². The molecule has 1 aliphatic carbocycles. The van der Waals surface area contributed by atoms with E-state index in [0.717, 1.165) is 0 Å². The molecule has 1 fully saturated rings. The van der Waals surface area contributed by atoms with E-state index in [4.69, 9.17) is 0 Å². The van der Waals surface area contributed by atoms with E-state index in [0.29, 0.717) is 19.3 Å². The fraction of sp³-hybridized carbons (Fsp3) is 1.00. The van der Waals surface area contributed by atoms with Crippen LogP contribution in [-0.4, -0.2) is 20.2 Å². The first-order chi connectivity index (χ1) is 4.22. The molecule has 2 nitrogen and oxygen atoms in total. The summed E-state index contributed by atoms with van der Waals surface area (Å²) in [6.45, 7) is 0. The average Bonchev–Trinajstić information content (AvgIpc) is 2.13. The van der Waals surface area contributed by atoms with Crippen LogP contribution in [0.1, 0.15) is 19.3 Å². The van der Waals surface area contributed by atoms with E-state index in [1.165, 1.54) is 0 Å². The summed E-state index contributed by atoms with van der Waals surface area (Å²) >= 11 is -2.20. The van der Waals surface area contributed by atoms with Crippen LogP contribution in [0.15, 0.2) is 0 Å². The van der Waals surface area contributed by atoms with Crippen molar-refractivity contribution in [3.63, 3.8) is 0 Å². The maximum absolute atomic E-state index is 12.4. The van der Waals surface area contributed by atoms with Crippen molar-refractivity contribution in [2.24, 2.45) is 0 Å². The van der Waals surface area contributed by atoms with Crippen molar-refractivity contribution in [2.75, 3.05) is 0 Å². The van der Waals surface area contributed by atoms with Crippen LogP contribution in [0.4, 0.5) is 4.39 Å². The van der Waals surface area contributed by atoms with Crippen molar-refractivity contribution in [1.82, 2.24) is 0 Å². The third-order valence-electron chi connectivity index (χ3n) is 1.62. The zero-order valence-corrected chi connectivity index (χ0v) is 8.70. The molecule has 0 aromatic heterocycles. The molecular formula is C5H8FNaO2S. The molecule has 10 heavy (non-hydrogen) atoms. The van der Waals surface area contributed by atoms with Crippen LogP contribution >= 0.6 is 0 Å². The van der Waals surface area contributed by atoms with E-state index in [2.05, 4.69) is 0 Å². The summed E-state index contributed by atoms with van der Waals surface area (Å²) in [7, 11) is 0. The molecule has 0 amide bonds. The van der Waals surface area contributed by atoms with Crippen molar-refractivity contribution in [2.45, 2.75) is 30.7 Å². The summed E-state index contributed by atoms with van der Waals surface area (Å²) in [6, 6.07) is 0. The summed E-state index contributed by atoms with van der Waals surface area (Å²) in [5.74, 6) is 0. The molecular weight excluding hydrogens is 166 g/mol. The Bertz CT molecular complexity index is 133. The monoisotopic (exact) mass is 174 g/mol. The average molecular weight is 174 g/mol. The molecule has 0 aromatic carbocycles. The van der Waals surface area contributed by atoms with Gasteiger partial charge in [-0.1, -0.05) is 0 Å². The summed E-state index contributed by atoms with van der Waals surface area (Å²) < 4.78 is 32.8. The Labute approximate surface area is 84.1 Å². The molecule has 0 aromatic rings. The third-order valence-corrected chi connectivity index (χ3v) is 2.64. The molecule has 0 aliphatic heterocycles. The minimum atomic E-state index is -2.20. The van der Waals surface area contributed by atoms with E-state index in [9.17, 15) is 13.2 Å². The maximum atomic E-state index is 12.4. The minimum Gasteiger partial charge on any atom is -0.772 e. The second-order valence-electron chi connectivity index (χ2n) is 2.25. The first-order valence-corrected chi connectivity index (χ1v) is 4.08. The third kappa shape index (κ3) is 2.58.